The lowest BCUT2D eigenvalue weighted by molar-refractivity contribution is -0.131. The van der Waals surface area contributed by atoms with Gasteiger partial charge in [-0.3, -0.25) is 4.79 Å². The summed E-state index contributed by atoms with van der Waals surface area (Å²) in [6, 6.07) is 18.1. The van der Waals surface area contributed by atoms with Gasteiger partial charge in [-0.05, 0) is 29.3 Å². The molecule has 138 valence electrons. The second-order valence-electron chi connectivity index (χ2n) is 7.07. The van der Waals surface area contributed by atoms with Crippen LogP contribution in [0.2, 0.25) is 0 Å². The minimum Gasteiger partial charge on any atom is -0.388 e. The van der Waals surface area contributed by atoms with Gasteiger partial charge in [0.25, 0.3) is 0 Å². The molecular formula is C22H21BrN2O2. The molecule has 2 heterocycles. The molecule has 1 saturated heterocycles. The maximum atomic E-state index is 12.5. The van der Waals surface area contributed by atoms with E-state index >= 15 is 0 Å². The van der Waals surface area contributed by atoms with Crippen LogP contribution in [0.15, 0.2) is 70.3 Å². The van der Waals surface area contributed by atoms with Crippen LogP contribution in [0.5, 0.6) is 0 Å². The van der Waals surface area contributed by atoms with Gasteiger partial charge in [-0.15, -0.1) is 0 Å². The van der Waals surface area contributed by atoms with Gasteiger partial charge >= 0.3 is 0 Å². The van der Waals surface area contributed by atoms with E-state index in [-0.39, 0.29) is 11.5 Å². The predicted octanol–water partition coefficient (Wildman–Crippen LogP) is 4.65. The maximum Gasteiger partial charge on any atom is 0.246 e. The molecule has 2 aromatic carbocycles. The number of benzene rings is 2. The van der Waals surface area contributed by atoms with E-state index in [4.69, 9.17) is 4.84 Å². The van der Waals surface area contributed by atoms with Crippen molar-refractivity contribution in [1.29, 1.82) is 0 Å². The molecule has 0 aromatic heterocycles. The van der Waals surface area contributed by atoms with E-state index in [9.17, 15) is 4.79 Å². The van der Waals surface area contributed by atoms with E-state index in [0.717, 1.165) is 40.6 Å². The summed E-state index contributed by atoms with van der Waals surface area (Å²) in [4.78, 5) is 20.2. The van der Waals surface area contributed by atoms with E-state index in [2.05, 4.69) is 33.2 Å². The highest BCUT2D eigenvalue weighted by atomic mass is 79.9. The van der Waals surface area contributed by atoms with E-state index in [1.54, 1.807) is 6.08 Å². The Kier molecular flexibility index (Phi) is 5.12. The van der Waals surface area contributed by atoms with Crippen LogP contribution in [0, 0.1) is 0 Å². The molecule has 4 nitrogen and oxygen atoms in total. The molecule has 0 aliphatic carbocycles. The number of carbonyl (C=O) groups excluding carboxylic acids is 1. The highest BCUT2D eigenvalue weighted by molar-refractivity contribution is 9.10. The van der Waals surface area contributed by atoms with Crippen molar-refractivity contribution in [2.75, 3.05) is 13.1 Å². The Morgan fingerprint density at radius 1 is 1.11 bits per heavy atom. The number of oxime groups is 1. The van der Waals surface area contributed by atoms with Crippen molar-refractivity contribution in [2.24, 2.45) is 5.16 Å². The molecule has 1 spiro atoms. The van der Waals surface area contributed by atoms with Gasteiger partial charge in [0.2, 0.25) is 5.91 Å². The van der Waals surface area contributed by atoms with Gasteiger partial charge in [0.1, 0.15) is 5.60 Å². The minimum absolute atomic E-state index is 0.0482. The standard InChI is InChI=1S/C22H21BrN2O2/c23-19-8-4-5-17(15-19)9-10-21(26)25-13-11-22(12-14-25)16-20(24-27-22)18-6-2-1-3-7-18/h1-10,15H,11-14,16H2/b10-9+. The lowest BCUT2D eigenvalue weighted by atomic mass is 9.85. The van der Waals surface area contributed by atoms with Crippen LogP contribution < -0.4 is 0 Å². The fourth-order valence-electron chi connectivity index (χ4n) is 3.59. The number of carbonyl (C=O) groups is 1. The minimum atomic E-state index is -0.254. The molecular weight excluding hydrogens is 404 g/mol. The molecule has 0 atom stereocenters. The average Bonchev–Trinajstić information content (AvgIpc) is 3.11. The molecule has 1 amide bonds. The van der Waals surface area contributed by atoms with Gasteiger partial charge in [-0.25, -0.2) is 0 Å². The zero-order valence-electron chi connectivity index (χ0n) is 15.0. The molecule has 0 saturated carbocycles. The van der Waals surface area contributed by atoms with E-state index in [0.29, 0.717) is 13.1 Å². The molecule has 2 aliphatic rings. The van der Waals surface area contributed by atoms with Crippen LogP contribution in [-0.4, -0.2) is 35.2 Å². The van der Waals surface area contributed by atoms with Crippen LogP contribution in [-0.2, 0) is 9.63 Å². The number of rotatable bonds is 3. The summed E-state index contributed by atoms with van der Waals surface area (Å²) in [5, 5.41) is 4.33. The van der Waals surface area contributed by atoms with Crippen LogP contribution in [0.1, 0.15) is 30.4 Å². The summed E-state index contributed by atoms with van der Waals surface area (Å²) < 4.78 is 1.00. The summed E-state index contributed by atoms with van der Waals surface area (Å²) in [5.41, 5.74) is 2.87. The summed E-state index contributed by atoms with van der Waals surface area (Å²) in [5.74, 6) is 0.0482. The Morgan fingerprint density at radius 3 is 2.63 bits per heavy atom. The number of hydrogen-bond donors (Lipinski definition) is 0. The van der Waals surface area contributed by atoms with Crippen molar-refractivity contribution in [2.45, 2.75) is 24.9 Å². The molecule has 0 radical (unpaired) electrons. The Hall–Kier alpha value is -2.40. The first-order valence-electron chi connectivity index (χ1n) is 9.17. The van der Waals surface area contributed by atoms with Crippen molar-refractivity contribution in [3.05, 3.63) is 76.3 Å². The van der Waals surface area contributed by atoms with E-state index in [1.807, 2.05) is 53.4 Å². The van der Waals surface area contributed by atoms with Crippen molar-refractivity contribution in [1.82, 2.24) is 4.90 Å². The topological polar surface area (TPSA) is 41.9 Å². The molecule has 0 N–H and O–H groups in total. The molecule has 5 heteroatoms. The molecule has 0 bridgehead atoms. The van der Waals surface area contributed by atoms with Gasteiger partial charge in [-0.1, -0.05) is 63.6 Å². The third-order valence-corrected chi connectivity index (χ3v) is 5.69. The lowest BCUT2D eigenvalue weighted by Crippen LogP contribution is -2.46. The van der Waals surface area contributed by atoms with E-state index < -0.39 is 0 Å². The summed E-state index contributed by atoms with van der Waals surface area (Å²) >= 11 is 3.45. The summed E-state index contributed by atoms with van der Waals surface area (Å²) in [6.07, 6.45) is 5.95. The second kappa shape index (κ2) is 7.69. The first kappa shape index (κ1) is 18.0. The largest absolute Gasteiger partial charge is 0.388 e. The fourth-order valence-corrected chi connectivity index (χ4v) is 4.01. The van der Waals surface area contributed by atoms with E-state index in [1.165, 1.54) is 0 Å². The third kappa shape index (κ3) is 4.14. The Labute approximate surface area is 167 Å². The van der Waals surface area contributed by atoms with Crippen LogP contribution >= 0.6 is 15.9 Å². The number of hydrogen-bond acceptors (Lipinski definition) is 3. The number of piperidine rings is 1. The molecule has 27 heavy (non-hydrogen) atoms. The van der Waals surface area contributed by atoms with Gasteiger partial charge in [0.05, 0.1) is 5.71 Å². The SMILES string of the molecule is O=C(/C=C/c1cccc(Br)c1)N1CCC2(CC1)CC(c1ccccc1)=NO2. The fraction of sp³-hybridized carbons (Fsp3) is 0.273. The molecule has 2 aromatic rings. The first-order valence-corrected chi connectivity index (χ1v) is 9.96. The zero-order valence-corrected chi connectivity index (χ0v) is 16.6. The quantitative estimate of drug-likeness (QED) is 0.672. The Balaban J connectivity index is 1.33. The number of amides is 1. The van der Waals surface area contributed by atoms with Crippen LogP contribution in [0.3, 0.4) is 0 Å². The smallest absolute Gasteiger partial charge is 0.246 e. The van der Waals surface area contributed by atoms with Gasteiger partial charge < -0.3 is 9.74 Å². The molecule has 1 fully saturated rings. The lowest BCUT2D eigenvalue weighted by Gasteiger charge is -2.36. The highest BCUT2D eigenvalue weighted by Gasteiger charge is 2.42. The Bertz CT molecular complexity index is 884. The summed E-state index contributed by atoms with van der Waals surface area (Å²) in [7, 11) is 0. The van der Waals surface area contributed by atoms with Crippen LogP contribution in [0.4, 0.5) is 0 Å². The normalized spacial score (nSPS) is 18.6. The monoisotopic (exact) mass is 424 g/mol. The maximum absolute atomic E-state index is 12.5. The summed E-state index contributed by atoms with van der Waals surface area (Å²) in [6.45, 7) is 1.39. The first-order chi connectivity index (χ1) is 13.1. The predicted molar refractivity (Wildman–Crippen MR) is 110 cm³/mol. The highest BCUT2D eigenvalue weighted by Crippen LogP contribution is 2.36. The Morgan fingerprint density at radius 2 is 1.89 bits per heavy atom. The van der Waals surface area contributed by atoms with Crippen molar-refractivity contribution in [3.8, 4) is 0 Å². The molecule has 2 aliphatic heterocycles. The van der Waals surface area contributed by atoms with Gasteiger partial charge in [-0.2, -0.15) is 0 Å². The number of halogens is 1. The molecule has 0 unspecified atom stereocenters. The second-order valence-corrected chi connectivity index (χ2v) is 7.98. The zero-order chi connectivity index (χ0) is 18.7. The van der Waals surface area contributed by atoms with Crippen molar-refractivity contribution >= 4 is 33.6 Å². The number of nitrogens with zero attached hydrogens (tertiary/aromatic N) is 2. The average molecular weight is 425 g/mol. The van der Waals surface area contributed by atoms with Gasteiger partial charge in [0, 0.05) is 42.9 Å². The number of likely N-dealkylation sites (tertiary alicyclic amines) is 1. The van der Waals surface area contributed by atoms with Crippen molar-refractivity contribution < 1.29 is 9.63 Å². The molecule has 4 rings (SSSR count). The third-order valence-electron chi connectivity index (χ3n) is 5.20. The van der Waals surface area contributed by atoms with Crippen LogP contribution in [0.25, 0.3) is 6.08 Å². The van der Waals surface area contributed by atoms with Crippen molar-refractivity contribution in [3.63, 3.8) is 0 Å². The van der Waals surface area contributed by atoms with Gasteiger partial charge in [0.15, 0.2) is 0 Å².